The molecule has 1 aromatic heterocycles. The Morgan fingerprint density at radius 3 is 2.69 bits per heavy atom. The van der Waals surface area contributed by atoms with Crippen LogP contribution < -0.4 is 5.14 Å². The van der Waals surface area contributed by atoms with Crippen LogP contribution in [-0.4, -0.2) is 41.1 Å². The fraction of sp³-hybridized carbons (Fsp3) is 0.300. The molecule has 0 saturated carbocycles. The second-order valence-corrected chi connectivity index (χ2v) is 9.46. The van der Waals surface area contributed by atoms with Crippen molar-refractivity contribution in [1.29, 1.82) is 0 Å². The maximum absolute atomic E-state index is 12.8. The summed E-state index contributed by atoms with van der Waals surface area (Å²) in [6.07, 6.45) is 0.871. The van der Waals surface area contributed by atoms with E-state index in [1.165, 1.54) is 35.0 Å². The molecule has 0 unspecified atom stereocenters. The number of imidazole rings is 1. The highest BCUT2D eigenvalue weighted by molar-refractivity contribution is 7.99. The lowest BCUT2D eigenvalue weighted by atomic mass is 10.00. The molecule has 0 radical (unpaired) electrons. The maximum Gasteiger partial charge on any atom is 0.238 e. The number of benzene rings is 2. The molecule has 0 bridgehead atoms. The van der Waals surface area contributed by atoms with Crippen LogP contribution in [0.25, 0.3) is 11.0 Å². The number of amides is 1. The van der Waals surface area contributed by atoms with Crippen molar-refractivity contribution in [3.8, 4) is 0 Å². The molecule has 0 aliphatic carbocycles. The van der Waals surface area contributed by atoms with E-state index in [0.29, 0.717) is 23.8 Å². The summed E-state index contributed by atoms with van der Waals surface area (Å²) in [5.74, 6) is 0.359. The molecule has 3 aromatic rings. The van der Waals surface area contributed by atoms with Crippen molar-refractivity contribution in [2.24, 2.45) is 5.14 Å². The Hall–Kier alpha value is -2.36. The quantitative estimate of drug-likeness (QED) is 0.627. The normalized spacial score (nSPS) is 14.2. The monoisotopic (exact) mass is 430 g/mol. The van der Waals surface area contributed by atoms with Crippen molar-refractivity contribution < 1.29 is 13.2 Å². The molecule has 1 amide bonds. The molecule has 9 heteroatoms. The van der Waals surface area contributed by atoms with Crippen LogP contribution in [0.4, 0.5) is 0 Å². The molecule has 1 aliphatic heterocycles. The zero-order valence-electron chi connectivity index (χ0n) is 16.0. The molecule has 29 heavy (non-hydrogen) atoms. The van der Waals surface area contributed by atoms with Crippen molar-refractivity contribution in [3.63, 3.8) is 0 Å². The number of primary sulfonamides is 1. The van der Waals surface area contributed by atoms with Gasteiger partial charge in [-0.3, -0.25) is 4.79 Å². The van der Waals surface area contributed by atoms with E-state index in [0.717, 1.165) is 18.5 Å². The van der Waals surface area contributed by atoms with Gasteiger partial charge in [0.2, 0.25) is 15.9 Å². The van der Waals surface area contributed by atoms with Crippen molar-refractivity contribution in [3.05, 3.63) is 53.6 Å². The van der Waals surface area contributed by atoms with Crippen LogP contribution in [0.2, 0.25) is 0 Å². The van der Waals surface area contributed by atoms with Gasteiger partial charge in [-0.2, -0.15) is 0 Å². The fourth-order valence-corrected chi connectivity index (χ4v) is 5.12. The third-order valence-electron chi connectivity index (χ3n) is 5.14. The SMILES string of the molecule is CCn1c(SCC(=O)N2CCc3ccccc3C2)nc2cc(S(N)(=O)=O)ccc21. The Morgan fingerprint density at radius 2 is 1.97 bits per heavy atom. The van der Waals surface area contributed by atoms with Crippen molar-refractivity contribution in [1.82, 2.24) is 14.5 Å². The predicted molar refractivity (Wildman–Crippen MR) is 113 cm³/mol. The number of nitrogens with two attached hydrogens (primary N) is 1. The third-order valence-corrected chi connectivity index (χ3v) is 7.01. The van der Waals surface area contributed by atoms with Gasteiger partial charge >= 0.3 is 0 Å². The summed E-state index contributed by atoms with van der Waals surface area (Å²) in [7, 11) is -3.79. The maximum atomic E-state index is 12.8. The molecule has 1 aliphatic rings. The second kappa shape index (κ2) is 7.81. The molecule has 2 aromatic carbocycles. The summed E-state index contributed by atoms with van der Waals surface area (Å²) in [5, 5.41) is 5.92. The molecule has 4 rings (SSSR count). The number of thioether (sulfide) groups is 1. The number of carbonyl (C=O) groups excluding carboxylic acids is 1. The Morgan fingerprint density at radius 1 is 1.21 bits per heavy atom. The zero-order valence-corrected chi connectivity index (χ0v) is 17.7. The minimum absolute atomic E-state index is 0.0327. The average molecular weight is 431 g/mol. The van der Waals surface area contributed by atoms with Crippen LogP contribution in [0.1, 0.15) is 18.1 Å². The molecule has 152 valence electrons. The zero-order chi connectivity index (χ0) is 20.6. The number of hydrogen-bond acceptors (Lipinski definition) is 5. The van der Waals surface area contributed by atoms with E-state index < -0.39 is 10.0 Å². The number of aromatic nitrogens is 2. The first-order valence-electron chi connectivity index (χ1n) is 9.37. The van der Waals surface area contributed by atoms with Gasteiger partial charge in [-0.15, -0.1) is 0 Å². The average Bonchev–Trinajstić information content (AvgIpc) is 3.07. The van der Waals surface area contributed by atoms with E-state index in [1.807, 2.05) is 28.5 Å². The van der Waals surface area contributed by atoms with Crippen LogP contribution in [0, 0.1) is 0 Å². The van der Waals surface area contributed by atoms with Gasteiger partial charge in [-0.05, 0) is 42.7 Å². The number of carbonyl (C=O) groups is 1. The summed E-state index contributed by atoms with van der Waals surface area (Å²) in [5.41, 5.74) is 3.89. The smallest absolute Gasteiger partial charge is 0.238 e. The van der Waals surface area contributed by atoms with Gasteiger partial charge in [0.15, 0.2) is 5.16 Å². The first-order valence-corrected chi connectivity index (χ1v) is 11.9. The molecule has 0 saturated heterocycles. The van der Waals surface area contributed by atoms with Crippen LogP contribution in [0.5, 0.6) is 0 Å². The highest BCUT2D eigenvalue weighted by Gasteiger charge is 2.21. The van der Waals surface area contributed by atoms with E-state index in [1.54, 1.807) is 6.07 Å². The van der Waals surface area contributed by atoms with E-state index in [9.17, 15) is 13.2 Å². The molecule has 2 heterocycles. The molecule has 7 nitrogen and oxygen atoms in total. The highest BCUT2D eigenvalue weighted by Crippen LogP contribution is 2.27. The Labute approximate surface area is 174 Å². The Bertz CT molecular complexity index is 1190. The fourth-order valence-electron chi connectivity index (χ4n) is 3.61. The lowest BCUT2D eigenvalue weighted by Gasteiger charge is -2.28. The van der Waals surface area contributed by atoms with Crippen LogP contribution in [-0.2, 0) is 34.3 Å². The first kappa shape index (κ1) is 19.9. The molecule has 0 fully saturated rings. The Kier molecular flexibility index (Phi) is 5.37. The van der Waals surface area contributed by atoms with Crippen LogP contribution >= 0.6 is 11.8 Å². The predicted octanol–water partition coefficient (Wildman–Crippen LogP) is 2.38. The molecule has 0 spiro atoms. The van der Waals surface area contributed by atoms with Crippen molar-refractivity contribution in [2.75, 3.05) is 12.3 Å². The van der Waals surface area contributed by atoms with E-state index in [-0.39, 0.29) is 16.6 Å². The second-order valence-electron chi connectivity index (χ2n) is 6.96. The lowest BCUT2D eigenvalue weighted by molar-refractivity contribution is -0.129. The lowest BCUT2D eigenvalue weighted by Crippen LogP contribution is -2.37. The van der Waals surface area contributed by atoms with Gasteiger partial charge in [0.1, 0.15) is 0 Å². The first-order chi connectivity index (χ1) is 13.9. The van der Waals surface area contributed by atoms with Gasteiger partial charge in [-0.25, -0.2) is 18.5 Å². The molecular weight excluding hydrogens is 408 g/mol. The summed E-state index contributed by atoms with van der Waals surface area (Å²) in [6, 6.07) is 12.9. The van der Waals surface area contributed by atoms with Crippen LogP contribution in [0.15, 0.2) is 52.5 Å². The topological polar surface area (TPSA) is 98.3 Å². The summed E-state index contributed by atoms with van der Waals surface area (Å²) >= 11 is 1.37. The number of sulfonamides is 1. The number of fused-ring (bicyclic) bond motifs is 2. The molecule has 0 atom stereocenters. The minimum atomic E-state index is -3.79. The van der Waals surface area contributed by atoms with E-state index in [4.69, 9.17) is 5.14 Å². The minimum Gasteiger partial charge on any atom is -0.337 e. The highest BCUT2D eigenvalue weighted by atomic mass is 32.2. The van der Waals surface area contributed by atoms with Gasteiger partial charge in [0.05, 0.1) is 21.7 Å². The number of hydrogen-bond donors (Lipinski definition) is 1. The van der Waals surface area contributed by atoms with Gasteiger partial charge in [0.25, 0.3) is 0 Å². The van der Waals surface area contributed by atoms with Gasteiger partial charge in [0, 0.05) is 19.6 Å². The number of aryl methyl sites for hydroxylation is 1. The summed E-state index contributed by atoms with van der Waals surface area (Å²) in [4.78, 5) is 19.2. The molecule has 2 N–H and O–H groups in total. The number of nitrogens with zero attached hydrogens (tertiary/aromatic N) is 3. The summed E-state index contributed by atoms with van der Waals surface area (Å²) < 4.78 is 25.2. The third kappa shape index (κ3) is 4.03. The van der Waals surface area contributed by atoms with E-state index in [2.05, 4.69) is 17.1 Å². The van der Waals surface area contributed by atoms with Crippen molar-refractivity contribution in [2.45, 2.75) is 36.5 Å². The largest absolute Gasteiger partial charge is 0.337 e. The van der Waals surface area contributed by atoms with E-state index >= 15 is 0 Å². The van der Waals surface area contributed by atoms with Crippen LogP contribution in [0.3, 0.4) is 0 Å². The summed E-state index contributed by atoms with van der Waals surface area (Å²) in [6.45, 7) is 4.01. The molecular formula is C20H22N4O3S2. The Balaban J connectivity index is 1.51. The number of rotatable bonds is 5. The van der Waals surface area contributed by atoms with Gasteiger partial charge in [-0.1, -0.05) is 36.0 Å². The van der Waals surface area contributed by atoms with Crippen molar-refractivity contribution >= 4 is 38.7 Å². The van der Waals surface area contributed by atoms with Gasteiger partial charge < -0.3 is 9.47 Å². The standard InChI is InChI=1S/C20H22N4O3S2/c1-2-24-18-8-7-16(29(21,26)27)11-17(18)22-20(24)28-13-19(25)23-10-9-14-5-3-4-6-15(14)12-23/h3-8,11H,2,9-10,12-13H2,1H3,(H2,21,26,27).